The van der Waals surface area contributed by atoms with E-state index in [1.807, 2.05) is 30.3 Å². The highest BCUT2D eigenvalue weighted by molar-refractivity contribution is 5.61. The number of nitrogens with zero attached hydrogens (tertiary/aromatic N) is 2. The molecule has 0 bridgehead atoms. The van der Waals surface area contributed by atoms with Crippen LogP contribution in [-0.2, 0) is 5.41 Å². The van der Waals surface area contributed by atoms with Crippen LogP contribution in [0, 0.1) is 0 Å². The fourth-order valence-electron chi connectivity index (χ4n) is 3.66. The highest BCUT2D eigenvalue weighted by atomic mass is 16.7. The molecular formula is C20H16N2O5. The quantitative estimate of drug-likeness (QED) is 0.706. The second-order valence-corrected chi connectivity index (χ2v) is 6.93. The van der Waals surface area contributed by atoms with E-state index in [1.165, 1.54) is 0 Å². The van der Waals surface area contributed by atoms with Gasteiger partial charge in [-0.15, -0.1) is 0 Å². The standard InChI is InChI=1S/C20H16N2O5/c1-3-15-16(26-11-25-15)9-12(1)18-21-19(27-22-18)20(5-6-20)13-2-4-14-17(10-13)24-8-7-23-14/h1-4,9-10H,5-8,11H2. The van der Waals surface area contributed by atoms with Gasteiger partial charge in [-0.25, -0.2) is 0 Å². The molecular weight excluding hydrogens is 348 g/mol. The average molecular weight is 364 g/mol. The number of ether oxygens (including phenoxy) is 4. The molecule has 3 aliphatic rings. The lowest BCUT2D eigenvalue weighted by molar-refractivity contribution is 0.171. The maximum atomic E-state index is 5.72. The van der Waals surface area contributed by atoms with Gasteiger partial charge in [0.2, 0.25) is 18.5 Å². The van der Waals surface area contributed by atoms with Crippen molar-refractivity contribution in [1.82, 2.24) is 10.1 Å². The molecule has 0 unspecified atom stereocenters. The number of fused-ring (bicyclic) bond motifs is 2. The van der Waals surface area contributed by atoms with Crippen molar-refractivity contribution >= 4 is 0 Å². The Balaban J connectivity index is 1.35. The number of hydrogen-bond acceptors (Lipinski definition) is 7. The third-order valence-corrected chi connectivity index (χ3v) is 5.31. The van der Waals surface area contributed by atoms with Crippen LogP contribution in [0.15, 0.2) is 40.9 Å². The molecule has 0 atom stereocenters. The molecule has 2 aromatic carbocycles. The largest absolute Gasteiger partial charge is 0.486 e. The van der Waals surface area contributed by atoms with E-state index in [2.05, 4.69) is 16.2 Å². The number of rotatable bonds is 3. The summed E-state index contributed by atoms with van der Waals surface area (Å²) in [6.07, 6.45) is 1.94. The molecule has 0 N–H and O–H groups in total. The van der Waals surface area contributed by atoms with Crippen LogP contribution in [0.2, 0.25) is 0 Å². The van der Waals surface area contributed by atoms with Crippen LogP contribution in [0.25, 0.3) is 11.4 Å². The Bertz CT molecular complexity index is 1040. The SMILES string of the molecule is c1cc2c(cc1-c1noc(C3(c4ccc5c(c4)OCCO5)CC3)n1)OCO2. The zero-order chi connectivity index (χ0) is 17.8. The maximum absolute atomic E-state index is 5.72. The molecule has 3 aromatic rings. The summed E-state index contributed by atoms with van der Waals surface area (Å²) < 4.78 is 27.8. The Hall–Kier alpha value is -3.22. The van der Waals surface area contributed by atoms with Gasteiger partial charge < -0.3 is 23.5 Å². The van der Waals surface area contributed by atoms with Crippen molar-refractivity contribution in [3.8, 4) is 34.4 Å². The molecule has 27 heavy (non-hydrogen) atoms. The van der Waals surface area contributed by atoms with Crippen molar-refractivity contribution in [3.05, 3.63) is 47.9 Å². The molecule has 0 amide bonds. The van der Waals surface area contributed by atoms with Crippen molar-refractivity contribution in [2.24, 2.45) is 0 Å². The summed E-state index contributed by atoms with van der Waals surface area (Å²) in [6.45, 7) is 1.39. The molecule has 7 nitrogen and oxygen atoms in total. The van der Waals surface area contributed by atoms with Crippen LogP contribution in [-0.4, -0.2) is 30.1 Å². The average Bonchev–Trinajstić information content (AvgIpc) is 3.15. The van der Waals surface area contributed by atoms with E-state index >= 15 is 0 Å². The fraction of sp³-hybridized carbons (Fsp3) is 0.300. The van der Waals surface area contributed by atoms with E-state index in [0.29, 0.717) is 30.7 Å². The summed E-state index contributed by atoms with van der Waals surface area (Å²) in [6, 6.07) is 11.7. The minimum atomic E-state index is -0.239. The van der Waals surface area contributed by atoms with Crippen molar-refractivity contribution in [2.45, 2.75) is 18.3 Å². The van der Waals surface area contributed by atoms with Gasteiger partial charge in [-0.1, -0.05) is 11.2 Å². The fourth-order valence-corrected chi connectivity index (χ4v) is 3.66. The third kappa shape index (κ3) is 2.27. The summed E-state index contributed by atoms with van der Waals surface area (Å²) >= 11 is 0. The van der Waals surface area contributed by atoms with E-state index in [4.69, 9.17) is 23.5 Å². The second-order valence-electron chi connectivity index (χ2n) is 6.93. The number of benzene rings is 2. The Kier molecular flexibility index (Phi) is 2.97. The molecule has 1 aromatic heterocycles. The first-order valence-electron chi connectivity index (χ1n) is 8.96. The van der Waals surface area contributed by atoms with E-state index in [9.17, 15) is 0 Å². The minimum Gasteiger partial charge on any atom is -0.486 e. The first kappa shape index (κ1) is 14.9. The van der Waals surface area contributed by atoms with Gasteiger partial charge in [0.15, 0.2) is 23.0 Å². The zero-order valence-corrected chi connectivity index (χ0v) is 14.4. The summed E-state index contributed by atoms with van der Waals surface area (Å²) in [5.74, 6) is 4.18. The van der Waals surface area contributed by atoms with Gasteiger partial charge in [0.25, 0.3) is 0 Å². The predicted octanol–water partition coefficient (Wildman–Crippen LogP) is 3.32. The highest BCUT2D eigenvalue weighted by Gasteiger charge is 2.51. The van der Waals surface area contributed by atoms with Crippen LogP contribution in [0.3, 0.4) is 0 Å². The van der Waals surface area contributed by atoms with Crippen molar-refractivity contribution in [3.63, 3.8) is 0 Å². The molecule has 0 spiro atoms. The first-order chi connectivity index (χ1) is 13.3. The first-order valence-corrected chi connectivity index (χ1v) is 8.96. The Labute approximate surface area is 154 Å². The summed E-state index contributed by atoms with van der Waals surface area (Å²) in [7, 11) is 0. The van der Waals surface area contributed by atoms with Crippen LogP contribution in [0.1, 0.15) is 24.3 Å². The molecule has 2 aliphatic heterocycles. The van der Waals surface area contributed by atoms with Crippen LogP contribution in [0.5, 0.6) is 23.0 Å². The molecule has 7 heteroatoms. The van der Waals surface area contributed by atoms with Crippen LogP contribution < -0.4 is 18.9 Å². The van der Waals surface area contributed by atoms with Crippen molar-refractivity contribution in [2.75, 3.05) is 20.0 Å². The molecule has 3 heterocycles. The molecule has 136 valence electrons. The van der Waals surface area contributed by atoms with Gasteiger partial charge in [-0.05, 0) is 48.7 Å². The van der Waals surface area contributed by atoms with Gasteiger partial charge in [0.05, 0.1) is 5.41 Å². The van der Waals surface area contributed by atoms with Gasteiger partial charge in [-0.3, -0.25) is 0 Å². The van der Waals surface area contributed by atoms with E-state index < -0.39 is 0 Å². The summed E-state index contributed by atoms with van der Waals surface area (Å²) in [4.78, 5) is 4.68. The van der Waals surface area contributed by atoms with Crippen molar-refractivity contribution < 1.29 is 23.5 Å². The third-order valence-electron chi connectivity index (χ3n) is 5.31. The van der Waals surface area contributed by atoms with E-state index in [-0.39, 0.29) is 12.2 Å². The molecule has 1 aliphatic carbocycles. The van der Waals surface area contributed by atoms with Crippen LogP contribution in [0.4, 0.5) is 0 Å². The summed E-state index contributed by atoms with van der Waals surface area (Å²) in [5, 5.41) is 4.19. The maximum Gasteiger partial charge on any atom is 0.237 e. The van der Waals surface area contributed by atoms with Gasteiger partial charge in [-0.2, -0.15) is 4.98 Å². The van der Waals surface area contributed by atoms with E-state index in [0.717, 1.165) is 41.2 Å². The monoisotopic (exact) mass is 364 g/mol. The lowest BCUT2D eigenvalue weighted by Gasteiger charge is -2.20. The molecule has 0 radical (unpaired) electrons. The molecule has 1 fully saturated rings. The molecule has 0 saturated heterocycles. The minimum absolute atomic E-state index is 0.239. The van der Waals surface area contributed by atoms with Gasteiger partial charge in [0.1, 0.15) is 13.2 Å². The molecule has 6 rings (SSSR count). The Morgan fingerprint density at radius 1 is 0.778 bits per heavy atom. The Morgan fingerprint density at radius 2 is 1.52 bits per heavy atom. The second kappa shape index (κ2) is 5.39. The number of aromatic nitrogens is 2. The number of hydrogen-bond donors (Lipinski definition) is 0. The zero-order valence-electron chi connectivity index (χ0n) is 14.4. The van der Waals surface area contributed by atoms with Crippen LogP contribution >= 0.6 is 0 Å². The highest BCUT2D eigenvalue weighted by Crippen LogP contribution is 2.54. The lowest BCUT2D eigenvalue weighted by Crippen LogP contribution is -2.16. The smallest absolute Gasteiger partial charge is 0.237 e. The normalized spacial score (nSPS) is 18.4. The lowest BCUT2D eigenvalue weighted by atomic mass is 9.95. The topological polar surface area (TPSA) is 75.8 Å². The summed E-state index contributed by atoms with van der Waals surface area (Å²) in [5.41, 5.74) is 1.72. The van der Waals surface area contributed by atoms with Gasteiger partial charge in [0, 0.05) is 5.56 Å². The van der Waals surface area contributed by atoms with Crippen molar-refractivity contribution in [1.29, 1.82) is 0 Å². The Morgan fingerprint density at radius 3 is 2.41 bits per heavy atom. The predicted molar refractivity (Wildman–Crippen MR) is 93.3 cm³/mol. The van der Waals surface area contributed by atoms with E-state index in [1.54, 1.807) is 0 Å². The molecule has 1 saturated carbocycles. The van der Waals surface area contributed by atoms with Gasteiger partial charge >= 0.3 is 0 Å².